The first-order valence-corrected chi connectivity index (χ1v) is 9.46. The zero-order chi connectivity index (χ0) is 15.7. The van der Waals surface area contributed by atoms with Crippen LogP contribution in [0.3, 0.4) is 0 Å². The fraction of sp³-hybridized carbons (Fsp3) is 0. The van der Waals surface area contributed by atoms with Crippen LogP contribution in [0.15, 0.2) is 48.5 Å². The van der Waals surface area contributed by atoms with Crippen LogP contribution in [0, 0.1) is 0 Å². The van der Waals surface area contributed by atoms with Crippen LogP contribution in [0.5, 0.6) is 11.5 Å². The van der Waals surface area contributed by atoms with Gasteiger partial charge in [-0.25, -0.2) is 0 Å². The van der Waals surface area contributed by atoms with E-state index in [1.54, 1.807) is 0 Å². The number of benzene rings is 2. The number of hydrogen-bond acceptors (Lipinski definition) is 7. The van der Waals surface area contributed by atoms with Gasteiger partial charge in [-0.3, -0.25) is 0 Å². The van der Waals surface area contributed by atoms with Crippen molar-refractivity contribution < 1.29 is 33.5 Å². The van der Waals surface area contributed by atoms with Crippen molar-refractivity contribution in [2.24, 2.45) is 0 Å². The lowest BCUT2D eigenvalue weighted by atomic mass is 10.3. The van der Waals surface area contributed by atoms with E-state index in [4.69, 9.17) is 4.12 Å². The molecule has 2 aromatic rings. The Hall–Kier alpha value is -1.73. The zero-order valence-corrected chi connectivity index (χ0v) is 12.6. The first kappa shape index (κ1) is 15.7. The molecule has 0 atom stereocenters. The lowest BCUT2D eigenvalue weighted by Gasteiger charge is -2.26. The minimum absolute atomic E-state index is 0.0949. The van der Waals surface area contributed by atoms with Crippen molar-refractivity contribution in [2.75, 3.05) is 0 Å². The standard InChI is InChI=1S/C12H14O7Si2/c13-9-1-5-11(6-2-9)20(15,16)19-21(17,18)12-7-3-10(14)4-8-12/h1-8,13-18H/p-2. The summed E-state index contributed by atoms with van der Waals surface area (Å²) in [5.41, 5.74) is 0. The van der Waals surface area contributed by atoms with Gasteiger partial charge in [0.2, 0.25) is 0 Å². The van der Waals surface area contributed by atoms with Gasteiger partial charge in [-0.1, -0.05) is 48.5 Å². The molecule has 9 heteroatoms. The summed E-state index contributed by atoms with van der Waals surface area (Å²) >= 11 is 0. The smallest absolute Gasteiger partial charge is 0.524 e. The Morgan fingerprint density at radius 2 is 0.905 bits per heavy atom. The van der Waals surface area contributed by atoms with Gasteiger partial charge in [0.1, 0.15) is 0 Å². The Morgan fingerprint density at radius 3 is 1.19 bits per heavy atom. The lowest BCUT2D eigenvalue weighted by Crippen LogP contribution is -2.64. The topological polar surface area (TPSA) is 136 Å². The first-order valence-electron chi connectivity index (χ1n) is 5.85. The van der Waals surface area contributed by atoms with Crippen LogP contribution >= 0.6 is 0 Å². The van der Waals surface area contributed by atoms with Crippen molar-refractivity contribution >= 4 is 28.0 Å². The van der Waals surface area contributed by atoms with Crippen molar-refractivity contribution in [2.45, 2.75) is 0 Å². The largest absolute Gasteiger partial charge is 0.872 e. The molecule has 0 bridgehead atoms. The predicted octanol–water partition coefficient (Wildman–Crippen LogP) is -3.19. The summed E-state index contributed by atoms with van der Waals surface area (Å²) in [6.07, 6.45) is 0. The van der Waals surface area contributed by atoms with Gasteiger partial charge in [0, 0.05) is 10.4 Å². The van der Waals surface area contributed by atoms with Crippen LogP contribution in [-0.2, 0) is 4.12 Å². The Labute approximate surface area is 122 Å². The maximum atomic E-state index is 11.0. The second-order valence-corrected chi connectivity index (χ2v) is 8.77. The molecule has 0 saturated heterocycles. The second kappa shape index (κ2) is 5.57. The third-order valence-corrected chi connectivity index (χ3v) is 7.19. The van der Waals surface area contributed by atoms with E-state index < -0.39 is 17.6 Å². The number of rotatable bonds is 4. The second-order valence-electron chi connectivity index (χ2n) is 4.37. The third-order valence-electron chi connectivity index (χ3n) is 2.75. The van der Waals surface area contributed by atoms with Gasteiger partial charge in [0.25, 0.3) is 0 Å². The Bertz CT molecular complexity index is 555. The number of hydrogen-bond donors (Lipinski definition) is 4. The predicted molar refractivity (Wildman–Crippen MR) is 72.5 cm³/mol. The molecule has 112 valence electrons. The van der Waals surface area contributed by atoms with Crippen LogP contribution in [0.2, 0.25) is 0 Å². The van der Waals surface area contributed by atoms with Crippen molar-refractivity contribution in [3.05, 3.63) is 48.5 Å². The maximum absolute atomic E-state index is 11.0. The van der Waals surface area contributed by atoms with Crippen molar-refractivity contribution in [3.8, 4) is 11.5 Å². The molecule has 0 aliphatic heterocycles. The molecule has 0 radical (unpaired) electrons. The van der Waals surface area contributed by atoms with E-state index >= 15 is 0 Å². The highest BCUT2D eigenvalue weighted by atomic mass is 28.5. The molecule has 0 heterocycles. The van der Waals surface area contributed by atoms with Gasteiger partial charge in [-0.2, -0.15) is 0 Å². The van der Waals surface area contributed by atoms with E-state index in [0.29, 0.717) is 0 Å². The highest BCUT2D eigenvalue weighted by molar-refractivity contribution is 6.85. The monoisotopic (exact) mass is 324 g/mol. The summed E-state index contributed by atoms with van der Waals surface area (Å²) in [6.45, 7) is 0. The molecule has 0 aliphatic carbocycles. The van der Waals surface area contributed by atoms with E-state index in [2.05, 4.69) is 0 Å². The van der Waals surface area contributed by atoms with Crippen LogP contribution < -0.4 is 20.6 Å². The maximum Gasteiger partial charge on any atom is 0.524 e. The minimum atomic E-state index is -4.59. The Morgan fingerprint density at radius 1 is 0.619 bits per heavy atom. The van der Waals surface area contributed by atoms with Gasteiger partial charge >= 0.3 is 17.6 Å². The molecule has 7 nitrogen and oxygen atoms in total. The summed E-state index contributed by atoms with van der Waals surface area (Å²) in [5.74, 6) is -0.655. The summed E-state index contributed by atoms with van der Waals surface area (Å²) in [7, 11) is -9.18. The lowest BCUT2D eigenvalue weighted by molar-refractivity contribution is -0.268. The molecule has 0 fully saturated rings. The summed E-state index contributed by atoms with van der Waals surface area (Å²) < 4.78 is 4.77. The molecule has 2 aromatic carbocycles. The Kier molecular flexibility index (Phi) is 4.16. The van der Waals surface area contributed by atoms with E-state index in [1.807, 2.05) is 0 Å². The van der Waals surface area contributed by atoms with Crippen molar-refractivity contribution in [1.29, 1.82) is 0 Å². The molecule has 2 rings (SSSR count). The fourth-order valence-corrected chi connectivity index (χ4v) is 5.39. The van der Waals surface area contributed by atoms with Crippen LogP contribution in [0.1, 0.15) is 0 Å². The minimum Gasteiger partial charge on any atom is -0.872 e. The molecule has 0 spiro atoms. The summed E-state index contributed by atoms with van der Waals surface area (Å²) in [4.78, 5) is 39.8. The molecule has 0 aliphatic rings. The molecular formula is C12H12O7Si2-2. The molecule has 4 N–H and O–H groups in total. The van der Waals surface area contributed by atoms with E-state index in [-0.39, 0.29) is 21.9 Å². The summed E-state index contributed by atoms with van der Waals surface area (Å²) in [6, 6.07) is 9.04. The average Bonchev–Trinajstić information content (AvgIpc) is 2.38. The highest BCUT2D eigenvalue weighted by Crippen LogP contribution is 2.10. The van der Waals surface area contributed by atoms with E-state index in [9.17, 15) is 29.4 Å². The summed E-state index contributed by atoms with van der Waals surface area (Å²) in [5, 5.41) is 21.8. The average molecular weight is 324 g/mol. The van der Waals surface area contributed by atoms with E-state index in [1.165, 1.54) is 0 Å². The first-order chi connectivity index (χ1) is 9.71. The molecule has 0 unspecified atom stereocenters. The molecule has 0 aromatic heterocycles. The molecule has 21 heavy (non-hydrogen) atoms. The zero-order valence-electron chi connectivity index (χ0n) is 10.6. The van der Waals surface area contributed by atoms with E-state index in [0.717, 1.165) is 48.5 Å². The third kappa shape index (κ3) is 3.68. The fourth-order valence-electron chi connectivity index (χ4n) is 1.66. The van der Waals surface area contributed by atoms with Crippen molar-refractivity contribution in [1.82, 2.24) is 0 Å². The van der Waals surface area contributed by atoms with Gasteiger partial charge in [0.15, 0.2) is 0 Å². The quantitative estimate of drug-likeness (QED) is 0.435. The van der Waals surface area contributed by atoms with Crippen LogP contribution in [-0.4, -0.2) is 36.8 Å². The van der Waals surface area contributed by atoms with Crippen LogP contribution in [0.25, 0.3) is 0 Å². The van der Waals surface area contributed by atoms with Gasteiger partial charge in [-0.05, 0) is 0 Å². The highest BCUT2D eigenvalue weighted by Gasteiger charge is 2.48. The van der Waals surface area contributed by atoms with Crippen molar-refractivity contribution in [3.63, 3.8) is 0 Å². The Balaban J connectivity index is 2.25. The van der Waals surface area contributed by atoms with Crippen LogP contribution in [0.4, 0.5) is 0 Å². The van der Waals surface area contributed by atoms with Gasteiger partial charge in [-0.15, -0.1) is 11.5 Å². The SMILES string of the molecule is [O-]c1ccc([Si](O)(O)O[Si](O)(O)c2ccc([O-])cc2)cc1. The normalized spacial score (nSPS) is 12.4. The molecule has 0 saturated carbocycles. The molecule has 0 amide bonds. The van der Waals surface area contributed by atoms with Gasteiger partial charge < -0.3 is 33.5 Å². The van der Waals surface area contributed by atoms with Gasteiger partial charge in [0.05, 0.1) is 0 Å². The molecular weight excluding hydrogens is 312 g/mol.